The number of Topliss-reactive ketones (excluding diaryl/α,β-unsaturated/α-hetero) is 1. The highest BCUT2D eigenvalue weighted by Crippen LogP contribution is 2.58. The molecule has 0 aromatic carbocycles. The molecule has 0 aromatic heterocycles. The first-order valence-electron chi connectivity index (χ1n) is 9.96. The third-order valence-electron chi connectivity index (χ3n) is 7.78. The van der Waals surface area contributed by atoms with Gasteiger partial charge in [0.2, 0.25) is 0 Å². The van der Waals surface area contributed by atoms with Crippen LogP contribution in [-0.4, -0.2) is 30.8 Å². The highest BCUT2D eigenvalue weighted by molar-refractivity contribution is 6.01. The Bertz CT molecular complexity index is 666. The predicted molar refractivity (Wildman–Crippen MR) is 103 cm³/mol. The first-order chi connectivity index (χ1) is 12.2. The van der Waals surface area contributed by atoms with Gasteiger partial charge in [-0.15, -0.1) is 0 Å². The molecule has 4 nitrogen and oxygen atoms in total. The third-order valence-corrected chi connectivity index (χ3v) is 7.78. The minimum atomic E-state index is -0.417. The van der Waals surface area contributed by atoms with Crippen molar-refractivity contribution in [1.29, 1.82) is 0 Å². The molecule has 2 saturated carbocycles. The molecular weight excluding hydrogens is 326 g/mol. The van der Waals surface area contributed by atoms with Crippen molar-refractivity contribution in [1.82, 2.24) is 0 Å². The Hall–Kier alpha value is -1.26. The van der Waals surface area contributed by atoms with Gasteiger partial charge in [0.05, 0.1) is 6.61 Å². The van der Waals surface area contributed by atoms with Crippen LogP contribution in [0, 0.1) is 22.7 Å². The van der Waals surface area contributed by atoms with E-state index in [9.17, 15) is 9.59 Å². The molecule has 2 N–H and O–H groups in total. The first-order valence-corrected chi connectivity index (χ1v) is 9.96. The Morgan fingerprint density at radius 1 is 1.31 bits per heavy atom. The van der Waals surface area contributed by atoms with Crippen LogP contribution >= 0.6 is 0 Å². The van der Waals surface area contributed by atoms with Crippen LogP contribution in [0.5, 0.6) is 0 Å². The fourth-order valence-corrected chi connectivity index (χ4v) is 5.66. The van der Waals surface area contributed by atoms with E-state index in [1.54, 1.807) is 13.2 Å². The van der Waals surface area contributed by atoms with Gasteiger partial charge in [-0.3, -0.25) is 9.59 Å². The van der Waals surface area contributed by atoms with Gasteiger partial charge in [0, 0.05) is 35.8 Å². The number of nitrogens with two attached hydrogens (primary N) is 1. The number of hydrogen-bond donors (Lipinski definition) is 1. The van der Waals surface area contributed by atoms with Crippen LogP contribution in [-0.2, 0) is 14.3 Å². The molecule has 3 rings (SSSR count). The molecule has 0 saturated heterocycles. The quantitative estimate of drug-likeness (QED) is 0.814. The molecule has 4 heteroatoms. The average molecular weight is 360 g/mol. The van der Waals surface area contributed by atoms with Crippen molar-refractivity contribution >= 4 is 11.6 Å². The van der Waals surface area contributed by atoms with Gasteiger partial charge in [0.15, 0.2) is 5.78 Å². The highest BCUT2D eigenvalue weighted by Gasteiger charge is 2.59. The summed E-state index contributed by atoms with van der Waals surface area (Å²) in [6.45, 7) is 7.08. The van der Waals surface area contributed by atoms with Gasteiger partial charge in [-0.1, -0.05) is 32.4 Å². The molecule has 0 amide bonds. The van der Waals surface area contributed by atoms with E-state index in [4.69, 9.17) is 10.5 Å². The monoisotopic (exact) mass is 359 g/mol. The van der Waals surface area contributed by atoms with Gasteiger partial charge in [0.1, 0.15) is 5.78 Å². The van der Waals surface area contributed by atoms with Crippen molar-refractivity contribution in [2.24, 2.45) is 28.4 Å². The molecule has 2 fully saturated rings. The summed E-state index contributed by atoms with van der Waals surface area (Å²) in [5.41, 5.74) is 7.01. The summed E-state index contributed by atoms with van der Waals surface area (Å²) in [4.78, 5) is 24.6. The normalized spacial score (nSPS) is 41.1. The second-order valence-electron chi connectivity index (χ2n) is 9.03. The number of ketones is 2. The second kappa shape index (κ2) is 6.72. The zero-order valence-electron chi connectivity index (χ0n) is 16.6. The van der Waals surface area contributed by atoms with E-state index < -0.39 is 5.54 Å². The fraction of sp³-hybridized carbons (Fsp3) is 0.727. The van der Waals surface area contributed by atoms with E-state index in [0.717, 1.165) is 32.1 Å². The molecule has 0 spiro atoms. The van der Waals surface area contributed by atoms with Crippen molar-refractivity contribution in [2.45, 2.75) is 64.8 Å². The zero-order valence-corrected chi connectivity index (χ0v) is 16.6. The van der Waals surface area contributed by atoms with Gasteiger partial charge >= 0.3 is 0 Å². The van der Waals surface area contributed by atoms with Gasteiger partial charge in [-0.2, -0.15) is 0 Å². The van der Waals surface area contributed by atoms with Crippen LogP contribution in [0.2, 0.25) is 0 Å². The van der Waals surface area contributed by atoms with Crippen LogP contribution in [0.3, 0.4) is 0 Å². The number of ether oxygens (including phenoxy) is 1. The van der Waals surface area contributed by atoms with Crippen LogP contribution < -0.4 is 5.73 Å². The maximum atomic E-state index is 12.5. The lowest BCUT2D eigenvalue weighted by atomic mass is 9.53. The Labute approximate surface area is 157 Å². The topological polar surface area (TPSA) is 69.4 Å². The molecule has 0 heterocycles. The summed E-state index contributed by atoms with van der Waals surface area (Å²) in [5.74, 6) is 0.963. The van der Waals surface area contributed by atoms with Crippen LogP contribution in [0.15, 0.2) is 23.8 Å². The molecule has 5 atom stereocenters. The fourth-order valence-electron chi connectivity index (χ4n) is 5.66. The Kier molecular flexibility index (Phi) is 5.04. The van der Waals surface area contributed by atoms with E-state index in [0.29, 0.717) is 24.7 Å². The lowest BCUT2D eigenvalue weighted by Crippen LogP contribution is -2.58. The number of fused-ring (bicyclic) bond motifs is 1. The molecule has 0 aliphatic heterocycles. The van der Waals surface area contributed by atoms with Gasteiger partial charge in [0.25, 0.3) is 0 Å². The molecule has 144 valence electrons. The first kappa shape index (κ1) is 19.5. The average Bonchev–Trinajstić information content (AvgIpc) is 2.85. The molecule has 3 aliphatic rings. The number of allylic oxidation sites excluding steroid dienone is 3. The van der Waals surface area contributed by atoms with Crippen LogP contribution in [0.4, 0.5) is 0 Å². The van der Waals surface area contributed by atoms with Crippen molar-refractivity contribution < 1.29 is 14.3 Å². The summed E-state index contributed by atoms with van der Waals surface area (Å²) in [6, 6.07) is 0. The number of carbonyl (C=O) groups is 2. The number of carbonyl (C=O) groups excluding carboxylic acids is 2. The molecular formula is C22H33NO3. The Morgan fingerprint density at radius 3 is 2.69 bits per heavy atom. The summed E-state index contributed by atoms with van der Waals surface area (Å²) < 4.78 is 5.44. The van der Waals surface area contributed by atoms with E-state index in [2.05, 4.69) is 26.8 Å². The Morgan fingerprint density at radius 2 is 2.04 bits per heavy atom. The summed E-state index contributed by atoms with van der Waals surface area (Å²) in [6.07, 6.45) is 10.6. The van der Waals surface area contributed by atoms with E-state index in [1.807, 2.05) is 6.08 Å². The smallest absolute Gasteiger partial charge is 0.178 e. The second-order valence-corrected chi connectivity index (χ2v) is 9.03. The van der Waals surface area contributed by atoms with Crippen LogP contribution in [0.25, 0.3) is 0 Å². The minimum absolute atomic E-state index is 0.0613. The standard InChI is InChI=1S/C22H33NO3/c1-5-15(14-26-4)18-12-17(24)7-9-20(18,2)16-6-10-21(3)19(25)8-11-22(21,23)13-16/h7,9,12,15-16H,5-6,8,10-11,13-14,23H2,1-4H3/t15-,16+,20-,21-,22-/m1/s1. The predicted octanol–water partition coefficient (Wildman–Crippen LogP) is 3.60. The van der Waals surface area contributed by atoms with Gasteiger partial charge < -0.3 is 10.5 Å². The van der Waals surface area contributed by atoms with Gasteiger partial charge in [-0.25, -0.2) is 0 Å². The minimum Gasteiger partial charge on any atom is -0.384 e. The van der Waals surface area contributed by atoms with Crippen molar-refractivity contribution in [2.75, 3.05) is 13.7 Å². The lowest BCUT2D eigenvalue weighted by molar-refractivity contribution is -0.129. The summed E-state index contributed by atoms with van der Waals surface area (Å²) >= 11 is 0. The van der Waals surface area contributed by atoms with E-state index in [1.165, 1.54) is 5.57 Å². The molecule has 0 radical (unpaired) electrons. The van der Waals surface area contributed by atoms with Crippen LogP contribution in [0.1, 0.15) is 59.3 Å². The molecule has 0 bridgehead atoms. The third kappa shape index (κ3) is 2.82. The van der Waals surface area contributed by atoms with E-state index >= 15 is 0 Å². The maximum Gasteiger partial charge on any atom is 0.178 e. The Balaban J connectivity index is 1.94. The van der Waals surface area contributed by atoms with E-state index in [-0.39, 0.29) is 22.5 Å². The summed E-state index contributed by atoms with van der Waals surface area (Å²) in [7, 11) is 1.71. The zero-order chi connectivity index (χ0) is 19.2. The largest absolute Gasteiger partial charge is 0.384 e. The molecule has 3 aliphatic carbocycles. The maximum absolute atomic E-state index is 12.5. The number of methoxy groups -OCH3 is 1. The SMILES string of the molecule is CC[C@H](COC)C1=CC(=O)C=C[C@]1(C)[C@H]1CC[C@]2(C)C(=O)CC[C@@]2(N)C1. The summed E-state index contributed by atoms with van der Waals surface area (Å²) in [5, 5.41) is 0. The molecule has 0 aromatic rings. The highest BCUT2D eigenvalue weighted by atomic mass is 16.5. The lowest BCUT2D eigenvalue weighted by Gasteiger charge is -2.52. The van der Waals surface area contributed by atoms with Crippen molar-refractivity contribution in [3.05, 3.63) is 23.8 Å². The number of rotatable bonds is 5. The van der Waals surface area contributed by atoms with Gasteiger partial charge in [-0.05, 0) is 50.2 Å². The number of hydrogen-bond acceptors (Lipinski definition) is 4. The van der Waals surface area contributed by atoms with Crippen molar-refractivity contribution in [3.63, 3.8) is 0 Å². The molecule has 26 heavy (non-hydrogen) atoms. The van der Waals surface area contributed by atoms with Crippen molar-refractivity contribution in [3.8, 4) is 0 Å². The molecule has 0 unspecified atom stereocenters.